The van der Waals surface area contributed by atoms with E-state index in [1.807, 2.05) is 6.92 Å². The van der Waals surface area contributed by atoms with Crippen LogP contribution in [0.15, 0.2) is 17.3 Å². The first-order chi connectivity index (χ1) is 9.37. The molecule has 0 spiro atoms. The lowest BCUT2D eigenvalue weighted by molar-refractivity contribution is 0.335. The molecule has 0 aliphatic carbocycles. The Labute approximate surface area is 119 Å². The number of aromatic amines is 1. The van der Waals surface area contributed by atoms with Gasteiger partial charge in [0.2, 0.25) is 10.0 Å². The van der Waals surface area contributed by atoms with Crippen molar-refractivity contribution in [2.75, 3.05) is 18.1 Å². The van der Waals surface area contributed by atoms with Gasteiger partial charge in [0, 0.05) is 18.8 Å². The van der Waals surface area contributed by atoms with Crippen molar-refractivity contribution in [3.63, 3.8) is 0 Å². The number of sulfone groups is 1. The van der Waals surface area contributed by atoms with Crippen LogP contribution >= 0.6 is 0 Å². The molecule has 1 aromatic heterocycles. The van der Waals surface area contributed by atoms with Gasteiger partial charge in [-0.3, -0.25) is 5.10 Å². The highest BCUT2D eigenvalue weighted by atomic mass is 32.2. The Morgan fingerprint density at radius 1 is 1.50 bits per heavy atom. The SMILES string of the molecule is CCCCN(C1CCS(=O)(=O)C1)S(=O)(=O)c1cn[nH]c1. The van der Waals surface area contributed by atoms with Crippen molar-refractivity contribution in [1.29, 1.82) is 0 Å². The van der Waals surface area contributed by atoms with Gasteiger partial charge in [0.25, 0.3) is 0 Å². The monoisotopic (exact) mass is 321 g/mol. The predicted octanol–water partition coefficient (Wildman–Crippen LogP) is 0.388. The first-order valence-corrected chi connectivity index (χ1v) is 9.84. The Morgan fingerprint density at radius 3 is 2.75 bits per heavy atom. The highest BCUT2D eigenvalue weighted by Gasteiger charge is 2.38. The number of aromatic nitrogens is 2. The molecule has 1 unspecified atom stereocenters. The quantitative estimate of drug-likeness (QED) is 0.817. The molecule has 1 saturated heterocycles. The molecule has 2 heterocycles. The van der Waals surface area contributed by atoms with Crippen molar-refractivity contribution >= 4 is 19.9 Å². The maximum Gasteiger partial charge on any atom is 0.246 e. The lowest BCUT2D eigenvalue weighted by atomic mass is 10.2. The average Bonchev–Trinajstić information content (AvgIpc) is 2.99. The number of H-pyrrole nitrogens is 1. The number of nitrogens with one attached hydrogen (secondary N) is 1. The highest BCUT2D eigenvalue weighted by Crippen LogP contribution is 2.24. The fourth-order valence-corrected chi connectivity index (χ4v) is 5.76. The fourth-order valence-electron chi connectivity index (χ4n) is 2.33. The summed E-state index contributed by atoms with van der Waals surface area (Å²) in [5, 5.41) is 6.14. The Balaban J connectivity index is 2.29. The Bertz CT molecular complexity index is 637. The van der Waals surface area contributed by atoms with E-state index in [0.717, 1.165) is 6.42 Å². The molecule has 1 aliphatic heterocycles. The van der Waals surface area contributed by atoms with E-state index in [9.17, 15) is 16.8 Å². The molecule has 9 heteroatoms. The van der Waals surface area contributed by atoms with Gasteiger partial charge >= 0.3 is 0 Å². The molecule has 0 amide bonds. The summed E-state index contributed by atoms with van der Waals surface area (Å²) in [5.74, 6) is -0.0327. The first-order valence-electron chi connectivity index (χ1n) is 6.58. The van der Waals surface area contributed by atoms with Gasteiger partial charge in [-0.05, 0) is 12.8 Å². The number of rotatable bonds is 6. The first kappa shape index (κ1) is 15.5. The van der Waals surface area contributed by atoms with Crippen LogP contribution in [0.5, 0.6) is 0 Å². The smallest absolute Gasteiger partial charge is 0.246 e. The van der Waals surface area contributed by atoms with E-state index in [-0.39, 0.29) is 16.4 Å². The fraction of sp³-hybridized carbons (Fsp3) is 0.727. The predicted molar refractivity (Wildman–Crippen MR) is 74.4 cm³/mol. The molecule has 0 radical (unpaired) electrons. The third-order valence-electron chi connectivity index (χ3n) is 3.43. The molecule has 1 aromatic rings. The molecule has 0 bridgehead atoms. The highest BCUT2D eigenvalue weighted by molar-refractivity contribution is 7.92. The molecule has 1 aliphatic rings. The zero-order chi connectivity index (χ0) is 14.8. The molecule has 1 atom stereocenters. The topological polar surface area (TPSA) is 100 Å². The van der Waals surface area contributed by atoms with Gasteiger partial charge in [-0.1, -0.05) is 13.3 Å². The zero-order valence-electron chi connectivity index (χ0n) is 11.3. The summed E-state index contributed by atoms with van der Waals surface area (Å²) in [7, 11) is -6.81. The number of nitrogens with zero attached hydrogens (tertiary/aromatic N) is 2. The summed E-state index contributed by atoms with van der Waals surface area (Å²) in [6, 6.07) is -0.466. The van der Waals surface area contributed by atoms with Crippen molar-refractivity contribution < 1.29 is 16.8 Å². The van der Waals surface area contributed by atoms with E-state index in [1.165, 1.54) is 16.7 Å². The lowest BCUT2D eigenvalue weighted by Crippen LogP contribution is -2.41. The van der Waals surface area contributed by atoms with Gasteiger partial charge < -0.3 is 0 Å². The van der Waals surface area contributed by atoms with Crippen molar-refractivity contribution in [2.24, 2.45) is 0 Å². The summed E-state index contributed by atoms with van der Waals surface area (Å²) >= 11 is 0. The van der Waals surface area contributed by atoms with E-state index in [4.69, 9.17) is 0 Å². The minimum absolute atomic E-state index is 0.0567. The minimum Gasteiger partial charge on any atom is -0.284 e. The second-order valence-corrected chi connectivity index (χ2v) is 9.08. The van der Waals surface area contributed by atoms with Gasteiger partial charge in [-0.25, -0.2) is 16.8 Å². The standard InChI is InChI=1S/C11H19N3O4S2/c1-2-3-5-14(10-4-6-19(15,16)9-10)20(17,18)11-7-12-13-8-11/h7-8,10H,2-6,9H2,1H3,(H,12,13). The summed E-state index contributed by atoms with van der Waals surface area (Å²) in [5.41, 5.74) is 0. The molecule has 1 N–H and O–H groups in total. The molecule has 2 rings (SSSR count). The van der Waals surface area contributed by atoms with E-state index >= 15 is 0 Å². The van der Waals surface area contributed by atoms with Crippen LogP contribution in [0.1, 0.15) is 26.2 Å². The number of hydrogen-bond acceptors (Lipinski definition) is 5. The maximum atomic E-state index is 12.6. The van der Waals surface area contributed by atoms with Crippen molar-refractivity contribution in [2.45, 2.75) is 37.1 Å². The zero-order valence-corrected chi connectivity index (χ0v) is 13.0. The molecular weight excluding hydrogens is 302 g/mol. The molecule has 20 heavy (non-hydrogen) atoms. The third kappa shape index (κ3) is 3.21. The molecule has 114 valence electrons. The second-order valence-electron chi connectivity index (χ2n) is 4.96. The van der Waals surface area contributed by atoms with E-state index in [2.05, 4.69) is 10.2 Å². The maximum absolute atomic E-state index is 12.6. The van der Waals surface area contributed by atoms with Crippen LogP contribution in [0, 0.1) is 0 Å². The van der Waals surface area contributed by atoms with Gasteiger partial charge in [0.15, 0.2) is 9.84 Å². The van der Waals surface area contributed by atoms with E-state index < -0.39 is 25.9 Å². The summed E-state index contributed by atoms with van der Waals surface area (Å²) in [6.45, 7) is 2.30. The van der Waals surface area contributed by atoms with Crippen LogP contribution < -0.4 is 0 Å². The van der Waals surface area contributed by atoms with E-state index in [1.54, 1.807) is 0 Å². The van der Waals surface area contributed by atoms with Crippen molar-refractivity contribution in [3.05, 3.63) is 12.4 Å². The van der Waals surface area contributed by atoms with Crippen LogP contribution in [-0.2, 0) is 19.9 Å². The number of hydrogen-bond donors (Lipinski definition) is 1. The van der Waals surface area contributed by atoms with Crippen molar-refractivity contribution in [3.8, 4) is 0 Å². The molecule has 0 aromatic carbocycles. The van der Waals surface area contributed by atoms with Gasteiger partial charge in [-0.2, -0.15) is 9.40 Å². The van der Waals surface area contributed by atoms with Crippen LogP contribution in [0.3, 0.4) is 0 Å². The summed E-state index contributed by atoms with van der Waals surface area (Å²) in [4.78, 5) is 0.0814. The third-order valence-corrected chi connectivity index (χ3v) is 7.09. The Kier molecular flexibility index (Phi) is 4.50. The Morgan fingerprint density at radius 2 is 2.25 bits per heavy atom. The van der Waals surface area contributed by atoms with Crippen LogP contribution in [0.25, 0.3) is 0 Å². The molecular formula is C11H19N3O4S2. The van der Waals surface area contributed by atoms with Crippen molar-refractivity contribution in [1.82, 2.24) is 14.5 Å². The summed E-state index contributed by atoms with van der Waals surface area (Å²) < 4.78 is 49.6. The van der Waals surface area contributed by atoms with Crippen LogP contribution in [0.2, 0.25) is 0 Å². The number of unbranched alkanes of at least 4 members (excludes halogenated alkanes) is 1. The normalized spacial score (nSPS) is 22.4. The van der Waals surface area contributed by atoms with Gasteiger partial charge in [0.1, 0.15) is 4.90 Å². The van der Waals surface area contributed by atoms with Gasteiger partial charge in [0.05, 0.1) is 17.7 Å². The van der Waals surface area contributed by atoms with Gasteiger partial charge in [-0.15, -0.1) is 0 Å². The molecule has 0 saturated carbocycles. The minimum atomic E-state index is -3.69. The Hall–Kier alpha value is -0.930. The van der Waals surface area contributed by atoms with Crippen LogP contribution in [0.4, 0.5) is 0 Å². The molecule has 7 nitrogen and oxygen atoms in total. The van der Waals surface area contributed by atoms with Crippen LogP contribution in [-0.4, -0.2) is 55.4 Å². The number of sulfonamides is 1. The lowest BCUT2D eigenvalue weighted by Gasteiger charge is -2.26. The largest absolute Gasteiger partial charge is 0.284 e. The summed E-state index contributed by atoms with van der Waals surface area (Å²) in [6.07, 6.45) is 4.48. The average molecular weight is 321 g/mol. The van der Waals surface area contributed by atoms with E-state index in [0.29, 0.717) is 19.4 Å². The molecule has 1 fully saturated rings. The second kappa shape index (κ2) is 5.82.